The van der Waals surface area contributed by atoms with Crippen LogP contribution in [-0.2, 0) is 5.54 Å². The molecular weight excluding hydrogens is 330 g/mol. The van der Waals surface area contributed by atoms with Gasteiger partial charge in [-0.25, -0.2) is 0 Å². The number of thiophene rings is 1. The summed E-state index contributed by atoms with van der Waals surface area (Å²) in [6.07, 6.45) is 2.39. The maximum Gasteiger partial charge on any atom is 0.272 e. The van der Waals surface area contributed by atoms with Gasteiger partial charge in [-0.3, -0.25) is 9.48 Å². The molecule has 1 unspecified atom stereocenters. The fourth-order valence-electron chi connectivity index (χ4n) is 3.09. The zero-order chi connectivity index (χ0) is 18.4. The number of nitrogens with one attached hydrogen (secondary N) is 1. The van der Waals surface area contributed by atoms with E-state index in [9.17, 15) is 4.79 Å². The minimum atomic E-state index is -0.117. The third-order valence-corrected chi connectivity index (χ3v) is 5.51. The number of rotatable bonds is 4. The summed E-state index contributed by atoms with van der Waals surface area (Å²) < 4.78 is 2.04. The van der Waals surface area contributed by atoms with E-state index in [1.165, 1.54) is 23.4 Å². The van der Waals surface area contributed by atoms with Gasteiger partial charge < -0.3 is 5.32 Å². The van der Waals surface area contributed by atoms with Gasteiger partial charge in [0.1, 0.15) is 5.69 Å². The highest BCUT2D eigenvalue weighted by Gasteiger charge is 2.34. The minimum absolute atomic E-state index is 0.0239. The van der Waals surface area contributed by atoms with Crippen molar-refractivity contribution in [3.63, 3.8) is 0 Å². The Bertz CT molecular complexity index is 743. The maximum absolute atomic E-state index is 13.0. The lowest BCUT2D eigenvalue weighted by Gasteiger charge is -2.30. The molecule has 0 radical (unpaired) electrons. The van der Waals surface area contributed by atoms with Crippen molar-refractivity contribution >= 4 is 17.2 Å². The molecule has 3 rings (SSSR count). The Morgan fingerprint density at radius 1 is 1.28 bits per heavy atom. The Kier molecular flexibility index (Phi) is 4.56. The molecule has 0 saturated heterocycles. The van der Waals surface area contributed by atoms with Crippen molar-refractivity contribution in [2.45, 2.75) is 71.9 Å². The second-order valence-electron chi connectivity index (χ2n) is 9.10. The lowest BCUT2D eigenvalue weighted by atomic mass is 9.85. The number of nitrogens with zero attached hydrogens (tertiary/aromatic N) is 2. The van der Waals surface area contributed by atoms with Gasteiger partial charge in [0.25, 0.3) is 5.91 Å². The molecule has 1 N–H and O–H groups in total. The molecule has 5 heteroatoms. The predicted molar refractivity (Wildman–Crippen MR) is 103 cm³/mol. The average molecular weight is 360 g/mol. The molecule has 1 aliphatic rings. The van der Waals surface area contributed by atoms with Crippen LogP contribution in [0, 0.1) is 5.41 Å². The van der Waals surface area contributed by atoms with Crippen molar-refractivity contribution in [1.29, 1.82) is 0 Å². The first kappa shape index (κ1) is 18.2. The smallest absolute Gasteiger partial charge is 0.272 e. The highest BCUT2D eigenvalue weighted by molar-refractivity contribution is 7.10. The van der Waals surface area contributed by atoms with Gasteiger partial charge in [-0.1, -0.05) is 26.8 Å². The first-order valence-corrected chi connectivity index (χ1v) is 9.90. The Labute approximate surface area is 154 Å². The Morgan fingerprint density at radius 2 is 1.96 bits per heavy atom. The SMILES string of the molecule is CC(C)(C)C(NC(=O)c1cc(C2CC2)n(C(C)(C)C)n1)c1cccs1. The number of aromatic nitrogens is 2. The molecule has 0 aromatic carbocycles. The van der Waals surface area contributed by atoms with Crippen LogP contribution in [0.3, 0.4) is 0 Å². The van der Waals surface area contributed by atoms with Gasteiger partial charge in [-0.2, -0.15) is 5.10 Å². The van der Waals surface area contributed by atoms with Crippen LogP contribution < -0.4 is 5.32 Å². The molecule has 25 heavy (non-hydrogen) atoms. The van der Waals surface area contributed by atoms with E-state index in [-0.39, 0.29) is 22.9 Å². The normalized spacial score (nSPS) is 16.7. The molecule has 2 aromatic rings. The molecule has 136 valence electrons. The van der Waals surface area contributed by atoms with E-state index in [0.717, 1.165) is 0 Å². The summed E-state index contributed by atoms with van der Waals surface area (Å²) in [5.74, 6) is 0.474. The molecule has 0 bridgehead atoms. The molecule has 2 aromatic heterocycles. The fourth-order valence-corrected chi connectivity index (χ4v) is 4.11. The molecule has 0 spiro atoms. The molecule has 1 aliphatic carbocycles. The highest BCUT2D eigenvalue weighted by atomic mass is 32.1. The zero-order valence-corrected chi connectivity index (χ0v) is 16.9. The predicted octanol–water partition coefficient (Wildman–Crippen LogP) is 5.09. The van der Waals surface area contributed by atoms with Crippen LogP contribution >= 0.6 is 11.3 Å². The molecule has 1 atom stereocenters. The second kappa shape index (κ2) is 6.27. The van der Waals surface area contributed by atoms with E-state index in [2.05, 4.69) is 63.4 Å². The quantitative estimate of drug-likeness (QED) is 0.826. The molecular formula is C20H29N3OS. The largest absolute Gasteiger partial charge is 0.342 e. The zero-order valence-electron chi connectivity index (χ0n) is 16.1. The van der Waals surface area contributed by atoms with Gasteiger partial charge >= 0.3 is 0 Å². The molecule has 1 amide bonds. The number of hydrogen-bond acceptors (Lipinski definition) is 3. The Hall–Kier alpha value is -1.62. The lowest BCUT2D eigenvalue weighted by Crippen LogP contribution is -2.36. The van der Waals surface area contributed by atoms with Crippen molar-refractivity contribution in [2.75, 3.05) is 0 Å². The summed E-state index contributed by atoms with van der Waals surface area (Å²) in [6, 6.07) is 6.09. The van der Waals surface area contributed by atoms with Crippen LogP contribution in [0.25, 0.3) is 0 Å². The van der Waals surface area contributed by atoms with E-state index in [1.54, 1.807) is 11.3 Å². The van der Waals surface area contributed by atoms with E-state index in [1.807, 2.05) is 16.8 Å². The fraction of sp³-hybridized carbons (Fsp3) is 0.600. The van der Waals surface area contributed by atoms with Crippen molar-refractivity contribution in [3.8, 4) is 0 Å². The van der Waals surface area contributed by atoms with Gasteiger partial charge in [-0.05, 0) is 56.5 Å². The van der Waals surface area contributed by atoms with Gasteiger partial charge in [0.05, 0.1) is 11.6 Å². The lowest BCUT2D eigenvalue weighted by molar-refractivity contribution is 0.0896. The monoisotopic (exact) mass is 359 g/mol. The van der Waals surface area contributed by atoms with E-state index in [4.69, 9.17) is 0 Å². The van der Waals surface area contributed by atoms with Crippen LogP contribution in [0.4, 0.5) is 0 Å². The third-order valence-electron chi connectivity index (χ3n) is 4.57. The molecule has 0 aliphatic heterocycles. The number of amides is 1. The Morgan fingerprint density at radius 3 is 2.44 bits per heavy atom. The van der Waals surface area contributed by atoms with Gasteiger partial charge in [0.15, 0.2) is 0 Å². The van der Waals surface area contributed by atoms with Crippen LogP contribution in [0.2, 0.25) is 0 Å². The Balaban J connectivity index is 1.88. The number of carbonyl (C=O) groups is 1. The summed E-state index contributed by atoms with van der Waals surface area (Å²) in [5, 5.41) is 9.95. The summed E-state index contributed by atoms with van der Waals surface area (Å²) in [7, 11) is 0. The summed E-state index contributed by atoms with van der Waals surface area (Å²) >= 11 is 1.68. The third kappa shape index (κ3) is 3.97. The van der Waals surface area contributed by atoms with Gasteiger partial charge in [0.2, 0.25) is 0 Å². The van der Waals surface area contributed by atoms with Gasteiger partial charge in [0, 0.05) is 16.5 Å². The average Bonchev–Trinajstić information content (AvgIpc) is 3.01. The van der Waals surface area contributed by atoms with Crippen LogP contribution in [0.15, 0.2) is 23.6 Å². The first-order valence-electron chi connectivity index (χ1n) is 9.02. The standard InChI is InChI=1S/C20H29N3OS/c1-19(2,3)17(16-8-7-11-25-16)21-18(24)14-12-15(13-9-10-13)23(22-14)20(4,5)6/h7-8,11-13,17H,9-10H2,1-6H3,(H,21,24). The van der Waals surface area contributed by atoms with Gasteiger partial charge in [-0.15, -0.1) is 11.3 Å². The molecule has 1 fully saturated rings. The summed E-state index contributed by atoms with van der Waals surface area (Å²) in [4.78, 5) is 14.1. The van der Waals surface area contributed by atoms with Crippen molar-refractivity contribution in [2.24, 2.45) is 5.41 Å². The molecule has 4 nitrogen and oxygen atoms in total. The van der Waals surface area contributed by atoms with Crippen LogP contribution in [0.5, 0.6) is 0 Å². The summed E-state index contributed by atoms with van der Waals surface area (Å²) in [5.41, 5.74) is 1.55. The van der Waals surface area contributed by atoms with Crippen molar-refractivity contribution in [3.05, 3.63) is 39.8 Å². The minimum Gasteiger partial charge on any atom is -0.342 e. The maximum atomic E-state index is 13.0. The van der Waals surface area contributed by atoms with Crippen molar-refractivity contribution in [1.82, 2.24) is 15.1 Å². The summed E-state index contributed by atoms with van der Waals surface area (Å²) in [6.45, 7) is 12.9. The number of carbonyl (C=O) groups excluding carboxylic acids is 1. The second-order valence-corrected chi connectivity index (χ2v) is 10.1. The van der Waals surface area contributed by atoms with E-state index < -0.39 is 0 Å². The number of hydrogen-bond donors (Lipinski definition) is 1. The molecule has 2 heterocycles. The van der Waals surface area contributed by atoms with Crippen LogP contribution in [0.1, 0.15) is 87.4 Å². The van der Waals surface area contributed by atoms with E-state index in [0.29, 0.717) is 11.6 Å². The topological polar surface area (TPSA) is 46.9 Å². The highest BCUT2D eigenvalue weighted by Crippen LogP contribution is 2.42. The van der Waals surface area contributed by atoms with E-state index >= 15 is 0 Å². The van der Waals surface area contributed by atoms with Crippen molar-refractivity contribution < 1.29 is 4.79 Å². The molecule has 1 saturated carbocycles. The van der Waals surface area contributed by atoms with Crippen LogP contribution in [-0.4, -0.2) is 15.7 Å². The first-order chi connectivity index (χ1) is 11.6.